The van der Waals surface area contributed by atoms with Crippen LogP contribution < -0.4 is 5.32 Å². The van der Waals surface area contributed by atoms with Crippen LogP contribution >= 0.6 is 0 Å². The average molecular weight is 229 g/mol. The van der Waals surface area contributed by atoms with Crippen LogP contribution in [-0.4, -0.2) is 26.8 Å². The molecule has 17 heavy (non-hydrogen) atoms. The second kappa shape index (κ2) is 3.84. The van der Waals surface area contributed by atoms with Crippen LogP contribution in [0.3, 0.4) is 0 Å². The van der Waals surface area contributed by atoms with E-state index in [2.05, 4.69) is 20.4 Å². The third-order valence-electron chi connectivity index (χ3n) is 3.11. The van der Waals surface area contributed by atoms with Crippen molar-refractivity contribution in [2.45, 2.75) is 19.3 Å². The molecule has 0 atom stereocenters. The van der Waals surface area contributed by atoms with Crippen LogP contribution in [0.4, 0.5) is 5.82 Å². The maximum Gasteiger partial charge on any atom is 0.182 e. The van der Waals surface area contributed by atoms with Gasteiger partial charge in [-0.3, -0.25) is 4.68 Å². The lowest BCUT2D eigenvalue weighted by Gasteiger charge is -2.07. The number of hydrogen-bond donors (Lipinski definition) is 1. The topological polar surface area (TPSA) is 55.6 Å². The van der Waals surface area contributed by atoms with Crippen LogP contribution in [0.25, 0.3) is 11.5 Å². The summed E-state index contributed by atoms with van der Waals surface area (Å²) >= 11 is 0. The Morgan fingerprint density at radius 2 is 2.18 bits per heavy atom. The van der Waals surface area contributed by atoms with Gasteiger partial charge in [0, 0.05) is 31.5 Å². The minimum Gasteiger partial charge on any atom is -0.373 e. The summed E-state index contributed by atoms with van der Waals surface area (Å²) in [6, 6.07) is 1.94. The molecule has 1 aliphatic carbocycles. The minimum absolute atomic E-state index is 0.718. The Morgan fingerprint density at radius 3 is 2.88 bits per heavy atom. The van der Waals surface area contributed by atoms with Gasteiger partial charge in [0.15, 0.2) is 5.82 Å². The summed E-state index contributed by atoms with van der Waals surface area (Å²) in [4.78, 5) is 9.17. The molecule has 0 aliphatic heterocycles. The van der Waals surface area contributed by atoms with Crippen molar-refractivity contribution in [3.8, 4) is 11.5 Å². The molecular formula is C12H15N5. The first-order chi connectivity index (χ1) is 8.28. The molecule has 2 heterocycles. The van der Waals surface area contributed by atoms with Crippen molar-refractivity contribution >= 4 is 5.82 Å². The van der Waals surface area contributed by atoms with E-state index in [1.807, 2.05) is 26.4 Å². The Labute approximate surface area is 99.9 Å². The first-order valence-corrected chi connectivity index (χ1v) is 5.85. The van der Waals surface area contributed by atoms with Crippen molar-refractivity contribution in [3.05, 3.63) is 23.5 Å². The summed E-state index contributed by atoms with van der Waals surface area (Å²) in [5, 5.41) is 7.50. The number of aromatic nitrogens is 4. The predicted molar refractivity (Wildman–Crippen MR) is 65.8 cm³/mol. The van der Waals surface area contributed by atoms with E-state index in [0.717, 1.165) is 30.2 Å². The molecule has 0 fully saturated rings. The second-order valence-electron chi connectivity index (χ2n) is 4.30. The van der Waals surface area contributed by atoms with E-state index in [4.69, 9.17) is 0 Å². The quantitative estimate of drug-likeness (QED) is 0.846. The van der Waals surface area contributed by atoms with Crippen molar-refractivity contribution in [1.82, 2.24) is 19.7 Å². The van der Waals surface area contributed by atoms with Crippen LogP contribution in [0, 0.1) is 0 Å². The lowest BCUT2D eigenvalue weighted by atomic mass is 10.2. The van der Waals surface area contributed by atoms with Crippen LogP contribution in [0.5, 0.6) is 0 Å². The zero-order chi connectivity index (χ0) is 11.8. The molecule has 3 rings (SSSR count). The normalized spacial score (nSPS) is 13.8. The van der Waals surface area contributed by atoms with Crippen LogP contribution in [0.15, 0.2) is 12.3 Å². The molecule has 0 amide bonds. The van der Waals surface area contributed by atoms with Gasteiger partial charge in [0.05, 0.1) is 0 Å². The molecule has 5 heteroatoms. The molecule has 0 saturated heterocycles. The summed E-state index contributed by atoms with van der Waals surface area (Å²) in [6.07, 6.45) is 5.20. The SMILES string of the molecule is CNc1nc(-c2ccn(C)n2)nc2c1CCC2. The highest BCUT2D eigenvalue weighted by atomic mass is 15.3. The Bertz CT molecular complexity index is 558. The molecular weight excluding hydrogens is 214 g/mol. The van der Waals surface area contributed by atoms with Crippen LogP contribution in [0.2, 0.25) is 0 Å². The number of rotatable bonds is 2. The number of aryl methyl sites for hydroxylation is 2. The summed E-state index contributed by atoms with van der Waals surface area (Å²) in [5.74, 6) is 1.67. The molecule has 1 N–H and O–H groups in total. The van der Waals surface area contributed by atoms with Crippen molar-refractivity contribution in [2.24, 2.45) is 7.05 Å². The smallest absolute Gasteiger partial charge is 0.182 e. The van der Waals surface area contributed by atoms with E-state index in [-0.39, 0.29) is 0 Å². The van der Waals surface area contributed by atoms with Crippen molar-refractivity contribution in [2.75, 3.05) is 12.4 Å². The molecule has 2 aromatic rings. The predicted octanol–water partition coefficient (Wildman–Crippen LogP) is 1.41. The zero-order valence-electron chi connectivity index (χ0n) is 10.1. The summed E-state index contributed by atoms with van der Waals surface area (Å²) in [6.45, 7) is 0. The van der Waals surface area contributed by atoms with Gasteiger partial charge in [-0.25, -0.2) is 9.97 Å². The summed E-state index contributed by atoms with van der Waals surface area (Å²) in [7, 11) is 3.80. The van der Waals surface area contributed by atoms with Gasteiger partial charge in [-0.15, -0.1) is 0 Å². The maximum absolute atomic E-state index is 4.62. The zero-order valence-corrected chi connectivity index (χ0v) is 10.1. The number of fused-ring (bicyclic) bond motifs is 1. The van der Waals surface area contributed by atoms with Crippen LogP contribution in [0.1, 0.15) is 17.7 Å². The van der Waals surface area contributed by atoms with Crippen molar-refractivity contribution in [1.29, 1.82) is 0 Å². The van der Waals surface area contributed by atoms with Crippen LogP contribution in [-0.2, 0) is 19.9 Å². The second-order valence-corrected chi connectivity index (χ2v) is 4.30. The molecule has 0 unspecified atom stereocenters. The maximum atomic E-state index is 4.62. The molecule has 0 spiro atoms. The average Bonchev–Trinajstić information content (AvgIpc) is 2.95. The first kappa shape index (κ1) is 10.3. The lowest BCUT2D eigenvalue weighted by molar-refractivity contribution is 0.768. The Kier molecular flexibility index (Phi) is 2.31. The van der Waals surface area contributed by atoms with Gasteiger partial charge in [-0.2, -0.15) is 5.10 Å². The van der Waals surface area contributed by atoms with Gasteiger partial charge >= 0.3 is 0 Å². The Balaban J connectivity index is 2.12. The third kappa shape index (κ3) is 1.67. The Morgan fingerprint density at radius 1 is 1.29 bits per heavy atom. The van der Waals surface area contributed by atoms with E-state index in [0.29, 0.717) is 0 Å². The van der Waals surface area contributed by atoms with Crippen molar-refractivity contribution < 1.29 is 0 Å². The van der Waals surface area contributed by atoms with Gasteiger partial charge < -0.3 is 5.32 Å². The van der Waals surface area contributed by atoms with Gasteiger partial charge in [0.1, 0.15) is 11.5 Å². The molecule has 1 aliphatic rings. The number of hydrogen-bond acceptors (Lipinski definition) is 4. The monoisotopic (exact) mass is 229 g/mol. The molecule has 0 radical (unpaired) electrons. The molecule has 0 saturated carbocycles. The lowest BCUT2D eigenvalue weighted by Crippen LogP contribution is -2.03. The minimum atomic E-state index is 0.718. The summed E-state index contributed by atoms with van der Waals surface area (Å²) in [5.41, 5.74) is 3.27. The standard InChI is InChI=1S/C12H15N5/c1-13-11-8-4-3-5-9(8)14-12(15-11)10-6-7-17(2)16-10/h6-7H,3-5H2,1-2H3,(H,13,14,15). The fourth-order valence-electron chi connectivity index (χ4n) is 2.29. The molecule has 2 aromatic heterocycles. The highest BCUT2D eigenvalue weighted by molar-refractivity contribution is 5.57. The van der Waals surface area contributed by atoms with Gasteiger partial charge in [0.2, 0.25) is 0 Å². The number of nitrogens with one attached hydrogen (secondary N) is 1. The fraction of sp³-hybridized carbons (Fsp3) is 0.417. The van der Waals surface area contributed by atoms with Gasteiger partial charge in [-0.05, 0) is 25.3 Å². The third-order valence-corrected chi connectivity index (χ3v) is 3.11. The van der Waals surface area contributed by atoms with E-state index in [9.17, 15) is 0 Å². The molecule has 0 aromatic carbocycles. The van der Waals surface area contributed by atoms with Gasteiger partial charge in [-0.1, -0.05) is 0 Å². The number of nitrogens with zero attached hydrogens (tertiary/aromatic N) is 4. The van der Waals surface area contributed by atoms with Gasteiger partial charge in [0.25, 0.3) is 0 Å². The fourth-order valence-corrected chi connectivity index (χ4v) is 2.29. The summed E-state index contributed by atoms with van der Waals surface area (Å²) < 4.78 is 1.77. The van der Waals surface area contributed by atoms with Crippen molar-refractivity contribution in [3.63, 3.8) is 0 Å². The highest BCUT2D eigenvalue weighted by Gasteiger charge is 2.19. The van der Waals surface area contributed by atoms with E-state index in [1.165, 1.54) is 17.7 Å². The van der Waals surface area contributed by atoms with E-state index in [1.54, 1.807) is 4.68 Å². The molecule has 88 valence electrons. The number of anilines is 1. The largest absolute Gasteiger partial charge is 0.373 e. The first-order valence-electron chi connectivity index (χ1n) is 5.85. The van der Waals surface area contributed by atoms with E-state index < -0.39 is 0 Å². The molecule has 0 bridgehead atoms. The highest BCUT2D eigenvalue weighted by Crippen LogP contribution is 2.28. The Hall–Kier alpha value is -1.91. The molecule has 5 nitrogen and oxygen atoms in total. The van der Waals surface area contributed by atoms with E-state index >= 15 is 0 Å².